The highest BCUT2D eigenvalue weighted by Gasteiger charge is 2.25. The van der Waals surface area contributed by atoms with Crippen molar-refractivity contribution in [1.82, 2.24) is 9.78 Å². The Morgan fingerprint density at radius 3 is 2.85 bits per heavy atom. The number of aryl methyl sites for hydroxylation is 1. The van der Waals surface area contributed by atoms with E-state index in [1.807, 2.05) is 42.8 Å². The van der Waals surface area contributed by atoms with Crippen molar-refractivity contribution in [2.75, 3.05) is 0 Å². The highest BCUT2D eigenvalue weighted by molar-refractivity contribution is 6.31. The number of Topliss-reactive ketones (excluding diaryl/α,β-unsaturated/α-hetero) is 1. The van der Waals surface area contributed by atoms with Crippen LogP contribution in [0.4, 0.5) is 0 Å². The van der Waals surface area contributed by atoms with Crippen LogP contribution in [0.3, 0.4) is 0 Å². The fraction of sp³-hybridized carbons (Fsp3) is 0.381. The zero-order chi connectivity index (χ0) is 19.4. The largest absolute Gasteiger partial charge is 0.451 e. The predicted molar refractivity (Wildman–Crippen MR) is 105 cm³/mol. The second-order valence-corrected chi connectivity index (χ2v) is 7.21. The molecule has 1 aliphatic carbocycles. The molecule has 0 amide bonds. The van der Waals surface area contributed by atoms with Gasteiger partial charge in [0.25, 0.3) is 0 Å². The minimum Gasteiger partial charge on any atom is -0.451 e. The Kier molecular flexibility index (Phi) is 6.11. The van der Waals surface area contributed by atoms with Crippen LogP contribution in [0, 0.1) is 13.8 Å². The summed E-state index contributed by atoms with van der Waals surface area (Å²) in [5.41, 5.74) is 3.60. The van der Waals surface area contributed by atoms with Gasteiger partial charge in [-0.2, -0.15) is 5.10 Å². The molecule has 1 aliphatic rings. The summed E-state index contributed by atoms with van der Waals surface area (Å²) >= 11 is 6.24. The lowest BCUT2D eigenvalue weighted by atomic mass is 9.96. The van der Waals surface area contributed by atoms with Gasteiger partial charge in [0.05, 0.1) is 12.2 Å². The van der Waals surface area contributed by atoms with Gasteiger partial charge in [0.15, 0.2) is 11.9 Å². The molecule has 0 radical (unpaired) electrons. The average molecular weight is 387 g/mol. The zero-order valence-electron chi connectivity index (χ0n) is 15.6. The van der Waals surface area contributed by atoms with Crippen LogP contribution in [0.1, 0.15) is 48.2 Å². The number of halogens is 1. The summed E-state index contributed by atoms with van der Waals surface area (Å²) in [6.07, 6.45) is 5.39. The van der Waals surface area contributed by atoms with Crippen LogP contribution in [0.25, 0.3) is 6.08 Å². The highest BCUT2D eigenvalue weighted by Crippen LogP contribution is 2.21. The van der Waals surface area contributed by atoms with Crippen molar-refractivity contribution in [3.8, 4) is 0 Å². The van der Waals surface area contributed by atoms with E-state index in [2.05, 4.69) is 5.10 Å². The summed E-state index contributed by atoms with van der Waals surface area (Å²) in [6, 6.07) is 7.65. The monoisotopic (exact) mass is 386 g/mol. The number of hydrogen-bond acceptors (Lipinski definition) is 4. The summed E-state index contributed by atoms with van der Waals surface area (Å²) in [4.78, 5) is 23.9. The number of carbonyl (C=O) groups excluding carboxylic acids is 2. The Morgan fingerprint density at radius 2 is 2.11 bits per heavy atom. The van der Waals surface area contributed by atoms with Crippen LogP contribution >= 0.6 is 11.6 Å². The third-order valence-corrected chi connectivity index (χ3v) is 5.23. The van der Waals surface area contributed by atoms with E-state index in [-0.39, 0.29) is 5.78 Å². The fourth-order valence-corrected chi connectivity index (χ4v) is 3.50. The molecule has 1 aromatic heterocycles. The Balaban J connectivity index is 1.70. The molecule has 3 rings (SSSR count). The quantitative estimate of drug-likeness (QED) is 0.568. The molecule has 0 saturated heterocycles. The molecule has 27 heavy (non-hydrogen) atoms. The molecule has 6 heteroatoms. The fourth-order valence-electron chi connectivity index (χ4n) is 3.30. The molecule has 0 spiro atoms. The van der Waals surface area contributed by atoms with E-state index >= 15 is 0 Å². The van der Waals surface area contributed by atoms with E-state index in [9.17, 15) is 9.59 Å². The van der Waals surface area contributed by atoms with Gasteiger partial charge >= 0.3 is 5.97 Å². The molecule has 2 aromatic rings. The third-order valence-electron chi connectivity index (χ3n) is 4.86. The zero-order valence-corrected chi connectivity index (χ0v) is 16.3. The van der Waals surface area contributed by atoms with Crippen molar-refractivity contribution >= 4 is 29.4 Å². The minimum atomic E-state index is -0.596. The van der Waals surface area contributed by atoms with Crippen LogP contribution in [-0.4, -0.2) is 27.6 Å². The standard InChI is InChI=1S/C21H23ClN2O3/c1-14-17(11-12-21(26)27-20-10-6-5-9-19(20)25)15(2)24(23-14)13-16-7-3-4-8-18(16)22/h3-4,7-8,11-12,20H,5-6,9-10,13H2,1-2H3. The van der Waals surface area contributed by atoms with Crippen molar-refractivity contribution in [3.63, 3.8) is 0 Å². The smallest absolute Gasteiger partial charge is 0.331 e. The summed E-state index contributed by atoms with van der Waals surface area (Å²) in [7, 11) is 0. The molecular formula is C21H23ClN2O3. The Bertz CT molecular complexity index is 886. The number of aromatic nitrogens is 2. The van der Waals surface area contributed by atoms with E-state index in [1.165, 1.54) is 6.08 Å². The molecule has 0 N–H and O–H groups in total. The van der Waals surface area contributed by atoms with E-state index in [4.69, 9.17) is 16.3 Å². The van der Waals surface area contributed by atoms with Crippen LogP contribution in [0.5, 0.6) is 0 Å². The Hall–Kier alpha value is -2.40. The number of rotatable bonds is 5. The van der Waals surface area contributed by atoms with Gasteiger partial charge in [-0.3, -0.25) is 9.48 Å². The SMILES string of the molecule is Cc1nn(Cc2ccccc2Cl)c(C)c1C=CC(=O)OC1CCCCC1=O. The van der Waals surface area contributed by atoms with Gasteiger partial charge in [-0.1, -0.05) is 29.8 Å². The molecular weight excluding hydrogens is 364 g/mol. The molecule has 1 saturated carbocycles. The van der Waals surface area contributed by atoms with Crippen LogP contribution < -0.4 is 0 Å². The molecule has 1 aromatic carbocycles. The minimum absolute atomic E-state index is 0.0166. The maximum absolute atomic E-state index is 12.1. The number of nitrogens with zero attached hydrogens (tertiary/aromatic N) is 2. The lowest BCUT2D eigenvalue weighted by molar-refractivity contribution is -0.152. The van der Waals surface area contributed by atoms with Crippen molar-refractivity contribution < 1.29 is 14.3 Å². The number of hydrogen-bond donors (Lipinski definition) is 0. The molecule has 5 nitrogen and oxygen atoms in total. The van der Waals surface area contributed by atoms with Gasteiger partial charge in [-0.25, -0.2) is 4.79 Å². The van der Waals surface area contributed by atoms with E-state index < -0.39 is 12.1 Å². The van der Waals surface area contributed by atoms with E-state index in [0.29, 0.717) is 24.4 Å². The van der Waals surface area contributed by atoms with Gasteiger partial charge in [-0.15, -0.1) is 0 Å². The first-order valence-electron chi connectivity index (χ1n) is 9.14. The van der Waals surface area contributed by atoms with E-state index in [1.54, 1.807) is 6.08 Å². The average Bonchev–Trinajstić information content (AvgIpc) is 2.90. The maximum Gasteiger partial charge on any atom is 0.331 e. The van der Waals surface area contributed by atoms with Crippen molar-refractivity contribution in [3.05, 3.63) is 57.9 Å². The van der Waals surface area contributed by atoms with Crippen molar-refractivity contribution in [2.24, 2.45) is 0 Å². The highest BCUT2D eigenvalue weighted by atomic mass is 35.5. The lowest BCUT2D eigenvalue weighted by Crippen LogP contribution is -2.29. The summed E-state index contributed by atoms with van der Waals surface area (Å²) in [5.74, 6) is -0.476. The van der Waals surface area contributed by atoms with Gasteiger partial charge in [-0.05, 0) is 50.8 Å². The first-order valence-corrected chi connectivity index (χ1v) is 9.52. The predicted octanol–water partition coefficient (Wildman–Crippen LogP) is 4.27. The number of benzene rings is 1. The summed E-state index contributed by atoms with van der Waals surface area (Å²) in [6.45, 7) is 4.40. The van der Waals surface area contributed by atoms with E-state index in [0.717, 1.165) is 35.4 Å². The van der Waals surface area contributed by atoms with Gasteiger partial charge in [0, 0.05) is 28.8 Å². The molecule has 1 fully saturated rings. The second kappa shape index (κ2) is 8.53. The molecule has 0 bridgehead atoms. The number of esters is 1. The lowest BCUT2D eigenvalue weighted by Gasteiger charge is -2.19. The van der Waals surface area contributed by atoms with Crippen molar-refractivity contribution in [1.29, 1.82) is 0 Å². The molecule has 142 valence electrons. The third kappa shape index (κ3) is 4.66. The van der Waals surface area contributed by atoms with Crippen LogP contribution in [0.2, 0.25) is 5.02 Å². The maximum atomic E-state index is 12.1. The van der Waals surface area contributed by atoms with Gasteiger partial charge < -0.3 is 4.74 Å². The molecule has 1 atom stereocenters. The molecule has 0 aliphatic heterocycles. The van der Waals surface area contributed by atoms with Crippen LogP contribution in [0.15, 0.2) is 30.3 Å². The Morgan fingerprint density at radius 1 is 1.33 bits per heavy atom. The first kappa shape index (κ1) is 19.4. The van der Waals surface area contributed by atoms with Crippen molar-refractivity contribution in [2.45, 2.75) is 52.2 Å². The summed E-state index contributed by atoms with van der Waals surface area (Å²) in [5, 5.41) is 5.25. The Labute approximate surface area is 164 Å². The number of ether oxygens (including phenoxy) is 1. The summed E-state index contributed by atoms with van der Waals surface area (Å²) < 4.78 is 7.17. The topological polar surface area (TPSA) is 61.2 Å². The molecule has 1 unspecified atom stereocenters. The number of carbonyl (C=O) groups is 2. The first-order chi connectivity index (χ1) is 13.0. The number of ketones is 1. The van der Waals surface area contributed by atoms with Gasteiger partial charge in [0.1, 0.15) is 0 Å². The van der Waals surface area contributed by atoms with Gasteiger partial charge in [0.2, 0.25) is 0 Å². The van der Waals surface area contributed by atoms with Crippen LogP contribution in [-0.2, 0) is 20.9 Å². The molecule has 1 heterocycles. The second-order valence-electron chi connectivity index (χ2n) is 6.80. The normalized spacial score (nSPS) is 17.4.